The Bertz CT molecular complexity index is 579. The van der Waals surface area contributed by atoms with E-state index in [1.54, 1.807) is 6.92 Å². The van der Waals surface area contributed by atoms with Gasteiger partial charge in [-0.1, -0.05) is 6.92 Å². The van der Waals surface area contributed by atoms with E-state index in [0.717, 1.165) is 6.07 Å². The van der Waals surface area contributed by atoms with E-state index in [1.807, 2.05) is 0 Å². The molecule has 0 aliphatic carbocycles. The third-order valence-electron chi connectivity index (χ3n) is 3.37. The Hall–Kier alpha value is -2.38. The molecule has 0 aromatic heterocycles. The number of carbonyl (C=O) groups excluding carboxylic acids is 2. The quantitative estimate of drug-likeness (QED) is 0.777. The highest BCUT2D eigenvalue weighted by Gasteiger charge is 2.34. The van der Waals surface area contributed by atoms with Gasteiger partial charge < -0.3 is 19.5 Å². The summed E-state index contributed by atoms with van der Waals surface area (Å²) in [7, 11) is 2.50. The first-order valence-electron chi connectivity index (χ1n) is 6.81. The summed E-state index contributed by atoms with van der Waals surface area (Å²) in [4.78, 5) is 24.0. The highest BCUT2D eigenvalue weighted by Crippen LogP contribution is 2.29. The lowest BCUT2D eigenvalue weighted by atomic mass is 9.98. The SMILES string of the molecule is CC[C@@](C)(NC(=O)c1ccc(OC)c(OC(F)F)c1)C(=O)OC. The van der Waals surface area contributed by atoms with Crippen LogP contribution in [-0.4, -0.2) is 38.2 Å². The lowest BCUT2D eigenvalue weighted by molar-refractivity contribution is -0.147. The van der Waals surface area contributed by atoms with Crippen LogP contribution in [0.1, 0.15) is 30.6 Å². The zero-order chi connectivity index (χ0) is 17.6. The number of ether oxygens (including phenoxy) is 3. The van der Waals surface area contributed by atoms with Crippen molar-refractivity contribution < 1.29 is 32.6 Å². The minimum absolute atomic E-state index is 0.0463. The molecule has 0 spiro atoms. The number of alkyl halides is 2. The molecule has 0 unspecified atom stereocenters. The van der Waals surface area contributed by atoms with E-state index in [9.17, 15) is 18.4 Å². The van der Waals surface area contributed by atoms with Crippen LogP contribution in [0, 0.1) is 0 Å². The molecule has 0 radical (unpaired) electrons. The van der Waals surface area contributed by atoms with Gasteiger partial charge >= 0.3 is 12.6 Å². The Morgan fingerprint density at radius 3 is 2.39 bits per heavy atom. The molecule has 1 amide bonds. The Morgan fingerprint density at radius 2 is 1.91 bits per heavy atom. The van der Waals surface area contributed by atoms with E-state index in [2.05, 4.69) is 14.8 Å². The van der Waals surface area contributed by atoms with Crippen molar-refractivity contribution in [2.45, 2.75) is 32.4 Å². The molecule has 6 nitrogen and oxygen atoms in total. The number of carbonyl (C=O) groups is 2. The second kappa shape index (κ2) is 7.75. The molecular formula is C15H19F2NO5. The number of halogens is 2. The molecular weight excluding hydrogens is 312 g/mol. The molecule has 0 fully saturated rings. The Morgan fingerprint density at radius 1 is 1.26 bits per heavy atom. The number of amides is 1. The van der Waals surface area contributed by atoms with Crippen LogP contribution in [0.5, 0.6) is 11.5 Å². The van der Waals surface area contributed by atoms with E-state index in [-0.39, 0.29) is 17.1 Å². The molecule has 1 N–H and O–H groups in total. The van der Waals surface area contributed by atoms with E-state index >= 15 is 0 Å². The van der Waals surface area contributed by atoms with E-state index in [4.69, 9.17) is 4.74 Å². The third-order valence-corrected chi connectivity index (χ3v) is 3.37. The summed E-state index contributed by atoms with van der Waals surface area (Å²) in [6.07, 6.45) is 0.294. The fraction of sp³-hybridized carbons (Fsp3) is 0.467. The fourth-order valence-corrected chi connectivity index (χ4v) is 1.84. The average Bonchev–Trinajstić information content (AvgIpc) is 2.53. The number of benzene rings is 1. The minimum atomic E-state index is -3.06. The maximum atomic E-state index is 12.4. The van der Waals surface area contributed by atoms with Gasteiger partial charge in [0.15, 0.2) is 11.5 Å². The molecule has 0 saturated heterocycles. The van der Waals surface area contributed by atoms with Gasteiger partial charge in [0.25, 0.3) is 5.91 Å². The van der Waals surface area contributed by atoms with Crippen molar-refractivity contribution in [3.63, 3.8) is 0 Å². The molecule has 1 atom stereocenters. The van der Waals surface area contributed by atoms with Crippen molar-refractivity contribution in [3.05, 3.63) is 23.8 Å². The first-order valence-corrected chi connectivity index (χ1v) is 6.81. The van der Waals surface area contributed by atoms with Gasteiger partial charge in [-0.2, -0.15) is 8.78 Å². The topological polar surface area (TPSA) is 73.9 Å². The molecule has 1 rings (SSSR count). The van der Waals surface area contributed by atoms with Crippen molar-refractivity contribution in [3.8, 4) is 11.5 Å². The van der Waals surface area contributed by atoms with Gasteiger partial charge in [-0.25, -0.2) is 4.79 Å². The molecule has 0 aliphatic heterocycles. The summed E-state index contributed by atoms with van der Waals surface area (Å²) in [6, 6.07) is 3.82. The predicted molar refractivity (Wildman–Crippen MR) is 77.8 cm³/mol. The molecule has 0 aliphatic rings. The van der Waals surface area contributed by atoms with Crippen LogP contribution in [-0.2, 0) is 9.53 Å². The van der Waals surface area contributed by atoms with Crippen LogP contribution < -0.4 is 14.8 Å². The number of hydrogen-bond donors (Lipinski definition) is 1. The Balaban J connectivity index is 3.06. The number of nitrogens with one attached hydrogen (secondary N) is 1. The maximum absolute atomic E-state index is 12.4. The summed E-state index contributed by atoms with van der Waals surface area (Å²) < 4.78 is 38.7. The molecule has 23 heavy (non-hydrogen) atoms. The van der Waals surface area contributed by atoms with Crippen LogP contribution in [0.2, 0.25) is 0 Å². The first-order chi connectivity index (χ1) is 10.8. The minimum Gasteiger partial charge on any atom is -0.493 e. The van der Waals surface area contributed by atoms with E-state index in [0.29, 0.717) is 6.42 Å². The van der Waals surface area contributed by atoms with Crippen LogP contribution in [0.3, 0.4) is 0 Å². The molecule has 128 valence electrons. The standard InChI is InChI=1S/C15H19F2NO5/c1-5-15(2,13(20)22-4)18-12(19)9-6-7-10(21-3)11(8-9)23-14(16)17/h6-8,14H,5H2,1-4H3,(H,18,19)/t15-/m1/s1. The Kier molecular flexibility index (Phi) is 6.29. The highest BCUT2D eigenvalue weighted by atomic mass is 19.3. The molecule has 0 bridgehead atoms. The van der Waals surface area contributed by atoms with Crippen molar-refractivity contribution in [1.29, 1.82) is 0 Å². The van der Waals surface area contributed by atoms with Crippen molar-refractivity contribution >= 4 is 11.9 Å². The van der Waals surface area contributed by atoms with Crippen LogP contribution >= 0.6 is 0 Å². The zero-order valence-electron chi connectivity index (χ0n) is 13.3. The first kappa shape index (κ1) is 18.7. The van der Waals surface area contributed by atoms with Gasteiger partial charge in [0.05, 0.1) is 14.2 Å². The number of esters is 1. The van der Waals surface area contributed by atoms with Gasteiger partial charge in [0, 0.05) is 5.56 Å². The lowest BCUT2D eigenvalue weighted by Crippen LogP contribution is -2.52. The van der Waals surface area contributed by atoms with Gasteiger partial charge in [0.1, 0.15) is 5.54 Å². The second-order valence-electron chi connectivity index (χ2n) is 4.88. The normalized spacial score (nSPS) is 13.2. The highest BCUT2D eigenvalue weighted by molar-refractivity contribution is 5.98. The maximum Gasteiger partial charge on any atom is 0.387 e. The van der Waals surface area contributed by atoms with E-state index < -0.39 is 24.0 Å². The van der Waals surface area contributed by atoms with E-state index in [1.165, 1.54) is 33.3 Å². The summed E-state index contributed by atoms with van der Waals surface area (Å²) in [5.74, 6) is -1.44. The smallest absolute Gasteiger partial charge is 0.387 e. The molecule has 1 aromatic rings. The van der Waals surface area contributed by atoms with Crippen LogP contribution in [0.15, 0.2) is 18.2 Å². The van der Waals surface area contributed by atoms with Gasteiger partial charge in [-0.05, 0) is 31.5 Å². The molecule has 0 saturated carbocycles. The largest absolute Gasteiger partial charge is 0.493 e. The van der Waals surface area contributed by atoms with Gasteiger partial charge in [0.2, 0.25) is 0 Å². The monoisotopic (exact) mass is 331 g/mol. The summed E-state index contributed by atoms with van der Waals surface area (Å²) >= 11 is 0. The fourth-order valence-electron chi connectivity index (χ4n) is 1.84. The lowest BCUT2D eigenvalue weighted by Gasteiger charge is -2.26. The van der Waals surface area contributed by atoms with Crippen molar-refractivity contribution in [1.82, 2.24) is 5.32 Å². The van der Waals surface area contributed by atoms with Gasteiger partial charge in [-0.15, -0.1) is 0 Å². The molecule has 1 aromatic carbocycles. The summed E-state index contributed by atoms with van der Waals surface area (Å²) in [5.41, 5.74) is -1.18. The number of hydrogen-bond acceptors (Lipinski definition) is 5. The second-order valence-corrected chi connectivity index (χ2v) is 4.88. The summed E-state index contributed by atoms with van der Waals surface area (Å²) in [6.45, 7) is 0.158. The zero-order valence-corrected chi connectivity index (χ0v) is 13.3. The number of rotatable bonds is 7. The van der Waals surface area contributed by atoms with Crippen LogP contribution in [0.4, 0.5) is 8.78 Å². The number of methoxy groups -OCH3 is 2. The molecule has 0 heterocycles. The van der Waals surface area contributed by atoms with Crippen molar-refractivity contribution in [2.75, 3.05) is 14.2 Å². The van der Waals surface area contributed by atoms with Gasteiger partial charge in [-0.3, -0.25) is 4.79 Å². The summed E-state index contributed by atoms with van der Waals surface area (Å²) in [5, 5.41) is 2.53. The van der Waals surface area contributed by atoms with Crippen molar-refractivity contribution in [2.24, 2.45) is 0 Å². The molecule has 8 heteroatoms. The third kappa shape index (κ3) is 4.54. The van der Waals surface area contributed by atoms with Crippen LogP contribution in [0.25, 0.3) is 0 Å². The predicted octanol–water partition coefficient (Wildman–Crippen LogP) is 2.37. The average molecular weight is 331 g/mol. The Labute approximate surface area is 132 Å².